The number of anilines is 2. The highest BCUT2D eigenvalue weighted by Crippen LogP contribution is 2.25. The second kappa shape index (κ2) is 7.53. The van der Waals surface area contributed by atoms with E-state index in [2.05, 4.69) is 25.3 Å². The van der Waals surface area contributed by atoms with Crippen LogP contribution in [0, 0.1) is 5.82 Å². The Labute approximate surface area is 155 Å². The second-order valence-corrected chi connectivity index (χ2v) is 6.41. The maximum absolute atomic E-state index is 13.0. The summed E-state index contributed by atoms with van der Waals surface area (Å²) in [6.07, 6.45) is 10.1. The van der Waals surface area contributed by atoms with Crippen LogP contribution in [-0.2, 0) is 0 Å². The summed E-state index contributed by atoms with van der Waals surface area (Å²) in [5.74, 6) is -0.0314. The van der Waals surface area contributed by atoms with Gasteiger partial charge in [0.1, 0.15) is 17.8 Å². The van der Waals surface area contributed by atoms with Crippen molar-refractivity contribution in [3.05, 3.63) is 60.6 Å². The van der Waals surface area contributed by atoms with Crippen LogP contribution >= 0.6 is 0 Å². The fourth-order valence-corrected chi connectivity index (χ4v) is 3.16. The molecule has 0 spiro atoms. The highest BCUT2D eigenvalue weighted by atomic mass is 19.1. The molecule has 3 aromatic rings. The van der Waals surface area contributed by atoms with E-state index in [0.717, 1.165) is 31.6 Å². The van der Waals surface area contributed by atoms with Gasteiger partial charge in [0.15, 0.2) is 5.82 Å². The van der Waals surface area contributed by atoms with Crippen LogP contribution in [0.5, 0.6) is 0 Å². The van der Waals surface area contributed by atoms with Gasteiger partial charge < -0.3 is 10.2 Å². The Hall–Kier alpha value is -3.29. The fraction of sp³-hybridized carbons (Fsp3) is 0.263. The van der Waals surface area contributed by atoms with E-state index in [0.29, 0.717) is 17.1 Å². The second-order valence-electron chi connectivity index (χ2n) is 6.41. The van der Waals surface area contributed by atoms with Crippen molar-refractivity contribution in [2.75, 3.05) is 23.3 Å². The number of rotatable bonds is 4. The van der Waals surface area contributed by atoms with E-state index < -0.39 is 0 Å². The highest BCUT2D eigenvalue weighted by molar-refractivity contribution is 6.04. The Kier molecular flexibility index (Phi) is 4.78. The molecule has 1 aliphatic heterocycles. The molecule has 1 aliphatic rings. The first-order valence-corrected chi connectivity index (χ1v) is 8.87. The largest absolute Gasteiger partial charge is 0.367 e. The molecule has 0 atom stereocenters. The van der Waals surface area contributed by atoms with Crippen LogP contribution < -0.4 is 10.2 Å². The summed E-state index contributed by atoms with van der Waals surface area (Å²) >= 11 is 0. The molecule has 0 saturated carbocycles. The summed E-state index contributed by atoms with van der Waals surface area (Å²) in [6, 6.07) is 5.39. The molecular weight excluding hydrogens is 347 g/mol. The van der Waals surface area contributed by atoms with Crippen LogP contribution in [0.3, 0.4) is 0 Å². The number of carbonyl (C=O) groups excluding carboxylic acids is 1. The first-order valence-electron chi connectivity index (χ1n) is 8.87. The molecule has 3 heterocycles. The van der Waals surface area contributed by atoms with Gasteiger partial charge >= 0.3 is 0 Å². The van der Waals surface area contributed by atoms with Gasteiger partial charge in [0.05, 0.1) is 24.3 Å². The number of hydrogen-bond acceptors (Lipinski definition) is 5. The summed E-state index contributed by atoms with van der Waals surface area (Å²) in [5, 5.41) is 7.09. The standard InChI is InChI=1S/C19H19FN6O/c20-15-6-4-14(5-7-15)19(27)24-16-10-23-26(12-16)18-17(11-21-13-22-18)25-8-2-1-3-9-25/h4-7,10-13H,1-3,8-9H2,(H,24,27). The van der Waals surface area contributed by atoms with Gasteiger partial charge in [-0.15, -0.1) is 0 Å². The number of hydrogen-bond donors (Lipinski definition) is 1. The number of nitrogens with one attached hydrogen (secondary N) is 1. The van der Waals surface area contributed by atoms with E-state index in [-0.39, 0.29) is 11.7 Å². The molecule has 138 valence electrons. The predicted octanol–water partition coefficient (Wildman–Crippen LogP) is 3.04. The molecule has 0 radical (unpaired) electrons. The number of aromatic nitrogens is 4. The van der Waals surface area contributed by atoms with Gasteiger partial charge in [0.25, 0.3) is 5.91 Å². The molecule has 27 heavy (non-hydrogen) atoms. The van der Waals surface area contributed by atoms with Crippen LogP contribution in [0.1, 0.15) is 29.6 Å². The van der Waals surface area contributed by atoms with E-state index in [1.807, 2.05) is 0 Å². The van der Waals surface area contributed by atoms with Crippen molar-refractivity contribution in [2.24, 2.45) is 0 Å². The van der Waals surface area contributed by atoms with E-state index in [1.54, 1.807) is 23.3 Å². The Balaban J connectivity index is 1.54. The monoisotopic (exact) mass is 366 g/mol. The third kappa shape index (κ3) is 3.79. The minimum atomic E-state index is -0.381. The van der Waals surface area contributed by atoms with Crippen LogP contribution in [0.15, 0.2) is 49.2 Å². The average Bonchev–Trinajstić information content (AvgIpc) is 3.17. The third-order valence-corrected chi connectivity index (χ3v) is 4.53. The van der Waals surface area contributed by atoms with E-state index in [4.69, 9.17) is 0 Å². The van der Waals surface area contributed by atoms with Gasteiger partial charge in [-0.1, -0.05) is 0 Å². The van der Waals surface area contributed by atoms with Crippen LogP contribution in [0.2, 0.25) is 0 Å². The lowest BCUT2D eigenvalue weighted by molar-refractivity contribution is 0.102. The summed E-state index contributed by atoms with van der Waals surface area (Å²) in [7, 11) is 0. The number of nitrogens with zero attached hydrogens (tertiary/aromatic N) is 5. The van der Waals surface area contributed by atoms with Gasteiger partial charge in [-0.25, -0.2) is 19.0 Å². The Morgan fingerprint density at radius 1 is 1.07 bits per heavy atom. The van der Waals surface area contributed by atoms with Gasteiger partial charge in [-0.2, -0.15) is 5.10 Å². The topological polar surface area (TPSA) is 75.9 Å². The lowest BCUT2D eigenvalue weighted by Crippen LogP contribution is -2.30. The van der Waals surface area contributed by atoms with Crippen LogP contribution in [0.25, 0.3) is 5.82 Å². The minimum Gasteiger partial charge on any atom is -0.367 e. The van der Waals surface area contributed by atoms with Gasteiger partial charge in [-0.05, 0) is 43.5 Å². The summed E-state index contributed by atoms with van der Waals surface area (Å²) in [4.78, 5) is 23.1. The van der Waals surface area contributed by atoms with Gasteiger partial charge in [0.2, 0.25) is 0 Å². The lowest BCUT2D eigenvalue weighted by Gasteiger charge is -2.29. The molecule has 1 saturated heterocycles. The van der Waals surface area contributed by atoms with Crippen molar-refractivity contribution in [1.29, 1.82) is 0 Å². The average molecular weight is 366 g/mol. The van der Waals surface area contributed by atoms with Crippen molar-refractivity contribution >= 4 is 17.3 Å². The molecule has 4 rings (SSSR count). The Bertz CT molecular complexity index is 933. The van der Waals surface area contributed by atoms with E-state index in [9.17, 15) is 9.18 Å². The molecule has 1 aromatic carbocycles. The highest BCUT2D eigenvalue weighted by Gasteiger charge is 2.17. The summed E-state index contributed by atoms with van der Waals surface area (Å²) in [6.45, 7) is 1.94. The quantitative estimate of drug-likeness (QED) is 0.768. The number of benzene rings is 1. The smallest absolute Gasteiger partial charge is 0.255 e. The fourth-order valence-electron chi connectivity index (χ4n) is 3.16. The zero-order valence-corrected chi connectivity index (χ0v) is 14.7. The Morgan fingerprint density at radius 3 is 2.63 bits per heavy atom. The zero-order chi connectivity index (χ0) is 18.6. The molecule has 1 fully saturated rings. The molecule has 2 aromatic heterocycles. The van der Waals surface area contributed by atoms with Crippen molar-refractivity contribution in [1.82, 2.24) is 19.7 Å². The summed E-state index contributed by atoms with van der Waals surface area (Å²) < 4.78 is 14.6. The minimum absolute atomic E-state index is 0.325. The first kappa shape index (κ1) is 17.1. The van der Waals surface area contributed by atoms with Gasteiger partial charge in [-0.3, -0.25) is 4.79 Å². The number of halogens is 1. The molecule has 0 aliphatic carbocycles. The molecule has 7 nitrogen and oxygen atoms in total. The number of amides is 1. The molecule has 1 N–H and O–H groups in total. The zero-order valence-electron chi connectivity index (χ0n) is 14.7. The molecule has 0 unspecified atom stereocenters. The van der Waals surface area contributed by atoms with Crippen molar-refractivity contribution in [2.45, 2.75) is 19.3 Å². The molecule has 1 amide bonds. The maximum atomic E-state index is 13.0. The lowest BCUT2D eigenvalue weighted by atomic mass is 10.1. The van der Waals surface area contributed by atoms with Gasteiger partial charge in [0, 0.05) is 18.7 Å². The maximum Gasteiger partial charge on any atom is 0.255 e. The van der Waals surface area contributed by atoms with Crippen molar-refractivity contribution in [3.63, 3.8) is 0 Å². The van der Waals surface area contributed by atoms with Crippen molar-refractivity contribution in [3.8, 4) is 5.82 Å². The SMILES string of the molecule is O=C(Nc1cnn(-c2ncncc2N2CCCCC2)c1)c1ccc(F)cc1. The predicted molar refractivity (Wildman–Crippen MR) is 99.6 cm³/mol. The Morgan fingerprint density at radius 2 is 1.85 bits per heavy atom. The van der Waals surface area contributed by atoms with Crippen LogP contribution in [0.4, 0.5) is 15.8 Å². The first-order chi connectivity index (χ1) is 13.2. The molecular formula is C19H19FN6O. The summed E-state index contributed by atoms with van der Waals surface area (Å²) in [5.41, 5.74) is 1.84. The number of piperidine rings is 1. The van der Waals surface area contributed by atoms with Crippen molar-refractivity contribution < 1.29 is 9.18 Å². The third-order valence-electron chi connectivity index (χ3n) is 4.53. The normalized spacial score (nSPS) is 14.2. The number of carbonyl (C=O) groups is 1. The molecule has 8 heteroatoms. The van der Waals surface area contributed by atoms with E-state index >= 15 is 0 Å². The molecule has 0 bridgehead atoms. The van der Waals surface area contributed by atoms with E-state index in [1.165, 1.54) is 37.0 Å². The van der Waals surface area contributed by atoms with Crippen LogP contribution in [-0.4, -0.2) is 38.7 Å².